The predicted octanol–water partition coefficient (Wildman–Crippen LogP) is 14.3. The van der Waals surface area contributed by atoms with Crippen LogP contribution < -0.4 is 15.1 Å². The lowest BCUT2D eigenvalue weighted by molar-refractivity contribution is 0.661. The first-order chi connectivity index (χ1) is 26.5. The first-order valence-electron chi connectivity index (χ1n) is 18.6. The third-order valence-electron chi connectivity index (χ3n) is 11.0. The minimum Gasteiger partial charge on any atom is -0.368 e. The van der Waals surface area contributed by atoms with Crippen molar-refractivity contribution in [1.29, 1.82) is 0 Å². The SMILES string of the molecule is CC1(C)c2cc3c(cc2-c2cc4cc(N(c5ccccc5)c5cccc(N(c6ccccc6)c6ccccc6)c5)ccc4cc21)SC(c1ccccc1)N3. The van der Waals surface area contributed by atoms with Gasteiger partial charge < -0.3 is 15.1 Å². The first kappa shape index (κ1) is 32.4. The van der Waals surface area contributed by atoms with Crippen molar-refractivity contribution in [3.63, 3.8) is 0 Å². The van der Waals surface area contributed by atoms with Crippen LogP contribution in [0.25, 0.3) is 21.9 Å². The third kappa shape index (κ3) is 5.53. The predicted molar refractivity (Wildman–Crippen MR) is 230 cm³/mol. The number of anilines is 7. The maximum atomic E-state index is 3.81. The number of nitrogens with zero attached hydrogens (tertiary/aromatic N) is 2. The van der Waals surface area contributed by atoms with Crippen molar-refractivity contribution in [3.05, 3.63) is 205 Å². The Bertz CT molecular complexity index is 2600. The standard InChI is InChI=1S/C50H39N3S/c1-50(2)45-30-35-26-27-42(28-36(35)29-43(45)44-32-48-47(33-46(44)50)51-49(54-48)34-16-7-3-8-17-34)53(39-22-13-6-14-23-39)41-25-15-24-40(31-41)52(37-18-9-4-10-19-37)38-20-11-5-12-21-38/h3-33,49,51H,1-2H3. The van der Waals surface area contributed by atoms with Crippen molar-refractivity contribution in [2.45, 2.75) is 29.5 Å². The summed E-state index contributed by atoms with van der Waals surface area (Å²) in [7, 11) is 0. The van der Waals surface area contributed by atoms with Gasteiger partial charge >= 0.3 is 0 Å². The fourth-order valence-electron chi connectivity index (χ4n) is 8.31. The molecule has 1 aliphatic carbocycles. The molecule has 2 aliphatic rings. The van der Waals surface area contributed by atoms with Crippen LogP contribution in [0.5, 0.6) is 0 Å². The molecule has 0 saturated carbocycles. The van der Waals surface area contributed by atoms with Crippen LogP contribution in [0.3, 0.4) is 0 Å². The summed E-state index contributed by atoms with van der Waals surface area (Å²) in [5.74, 6) is 0. The molecule has 54 heavy (non-hydrogen) atoms. The lowest BCUT2D eigenvalue weighted by Crippen LogP contribution is -2.15. The molecular weight excluding hydrogens is 675 g/mol. The van der Waals surface area contributed by atoms with Crippen molar-refractivity contribution < 1.29 is 0 Å². The molecule has 0 aromatic heterocycles. The van der Waals surface area contributed by atoms with Gasteiger partial charge in [0.15, 0.2) is 0 Å². The average Bonchev–Trinajstić information content (AvgIpc) is 3.73. The maximum absolute atomic E-state index is 3.81. The maximum Gasteiger partial charge on any atom is 0.103 e. The Morgan fingerprint density at radius 1 is 0.444 bits per heavy atom. The molecule has 10 rings (SSSR count). The molecular formula is C50H39N3S. The van der Waals surface area contributed by atoms with Crippen molar-refractivity contribution in [3.8, 4) is 11.1 Å². The lowest BCUT2D eigenvalue weighted by atomic mass is 9.81. The fourth-order valence-corrected chi connectivity index (χ4v) is 9.48. The summed E-state index contributed by atoms with van der Waals surface area (Å²) in [4.78, 5) is 6.01. The second kappa shape index (κ2) is 13.0. The van der Waals surface area contributed by atoms with Gasteiger partial charge in [0.2, 0.25) is 0 Å². The molecule has 8 aromatic rings. The Balaban J connectivity index is 1.07. The van der Waals surface area contributed by atoms with Gasteiger partial charge in [-0.2, -0.15) is 0 Å². The van der Waals surface area contributed by atoms with Gasteiger partial charge in [0.1, 0.15) is 5.37 Å². The molecule has 1 heterocycles. The second-order valence-electron chi connectivity index (χ2n) is 14.7. The summed E-state index contributed by atoms with van der Waals surface area (Å²) in [6, 6.07) is 68.2. The molecule has 1 aliphatic heterocycles. The molecule has 4 heteroatoms. The highest BCUT2D eigenvalue weighted by atomic mass is 32.2. The van der Waals surface area contributed by atoms with Crippen LogP contribution in [0.15, 0.2) is 193 Å². The molecule has 0 spiro atoms. The Hall–Kier alpha value is -6.23. The Morgan fingerprint density at radius 3 is 1.56 bits per heavy atom. The zero-order valence-electron chi connectivity index (χ0n) is 30.3. The Kier molecular flexibility index (Phi) is 7.81. The third-order valence-corrected chi connectivity index (χ3v) is 12.2. The molecule has 3 nitrogen and oxygen atoms in total. The number of rotatable bonds is 7. The normalized spacial score (nSPS) is 14.9. The van der Waals surface area contributed by atoms with E-state index in [2.05, 4.69) is 217 Å². The summed E-state index contributed by atoms with van der Waals surface area (Å²) < 4.78 is 0. The minimum atomic E-state index is -0.108. The number of hydrogen-bond donors (Lipinski definition) is 1. The fraction of sp³-hybridized carbons (Fsp3) is 0.0800. The highest BCUT2D eigenvalue weighted by Crippen LogP contribution is 2.56. The summed E-state index contributed by atoms with van der Waals surface area (Å²) in [6.07, 6.45) is 0. The van der Waals surface area contributed by atoms with E-state index in [1.807, 2.05) is 11.8 Å². The van der Waals surface area contributed by atoms with Gasteiger partial charge in [0, 0.05) is 50.1 Å². The zero-order valence-corrected chi connectivity index (χ0v) is 31.1. The molecule has 0 saturated heterocycles. The van der Waals surface area contributed by atoms with Crippen LogP contribution >= 0.6 is 11.8 Å². The second-order valence-corrected chi connectivity index (χ2v) is 15.8. The molecule has 8 aromatic carbocycles. The number of hydrogen-bond acceptors (Lipinski definition) is 4. The van der Waals surface area contributed by atoms with E-state index in [9.17, 15) is 0 Å². The molecule has 0 amide bonds. The van der Waals surface area contributed by atoms with Gasteiger partial charge in [-0.3, -0.25) is 0 Å². The molecule has 1 atom stereocenters. The van der Waals surface area contributed by atoms with Crippen LogP contribution in [-0.4, -0.2) is 0 Å². The van der Waals surface area contributed by atoms with E-state index in [1.54, 1.807) is 0 Å². The number of benzene rings is 8. The van der Waals surface area contributed by atoms with Crippen LogP contribution in [-0.2, 0) is 5.41 Å². The summed E-state index contributed by atoms with van der Waals surface area (Å²) >= 11 is 1.91. The number of nitrogens with one attached hydrogen (secondary N) is 1. The van der Waals surface area contributed by atoms with Gasteiger partial charge in [0.25, 0.3) is 0 Å². The van der Waals surface area contributed by atoms with Gasteiger partial charge in [-0.1, -0.05) is 123 Å². The molecule has 0 radical (unpaired) electrons. The molecule has 0 fully saturated rings. The number of fused-ring (bicyclic) bond motifs is 5. The van der Waals surface area contributed by atoms with Crippen LogP contribution in [0.2, 0.25) is 0 Å². The lowest BCUT2D eigenvalue weighted by Gasteiger charge is -2.29. The van der Waals surface area contributed by atoms with Crippen molar-refractivity contribution in [2.75, 3.05) is 15.1 Å². The average molecular weight is 714 g/mol. The van der Waals surface area contributed by atoms with E-state index in [0.29, 0.717) is 0 Å². The molecule has 260 valence electrons. The van der Waals surface area contributed by atoms with Gasteiger partial charge in [-0.15, -0.1) is 0 Å². The largest absolute Gasteiger partial charge is 0.368 e. The zero-order chi connectivity index (χ0) is 36.2. The molecule has 0 bridgehead atoms. The van der Waals surface area contributed by atoms with Gasteiger partial charge in [-0.25, -0.2) is 0 Å². The minimum absolute atomic E-state index is 0.108. The Morgan fingerprint density at radius 2 is 0.944 bits per heavy atom. The summed E-state index contributed by atoms with van der Waals surface area (Å²) in [5.41, 5.74) is 14.5. The highest BCUT2D eigenvalue weighted by molar-refractivity contribution is 8.00. The van der Waals surface area contributed by atoms with E-state index >= 15 is 0 Å². The van der Waals surface area contributed by atoms with Gasteiger partial charge in [0.05, 0.1) is 0 Å². The van der Waals surface area contributed by atoms with Gasteiger partial charge in [-0.05, 0) is 130 Å². The van der Waals surface area contributed by atoms with E-state index in [4.69, 9.17) is 0 Å². The van der Waals surface area contributed by atoms with Crippen molar-refractivity contribution >= 4 is 62.3 Å². The number of para-hydroxylation sites is 3. The topological polar surface area (TPSA) is 18.5 Å². The van der Waals surface area contributed by atoms with Crippen LogP contribution in [0.4, 0.5) is 39.8 Å². The monoisotopic (exact) mass is 713 g/mol. The Labute approximate surface area is 321 Å². The summed E-state index contributed by atoms with van der Waals surface area (Å²) in [6.45, 7) is 4.75. The summed E-state index contributed by atoms with van der Waals surface area (Å²) in [5, 5.41) is 6.52. The first-order valence-corrected chi connectivity index (χ1v) is 19.5. The quantitative estimate of drug-likeness (QED) is 0.177. The van der Waals surface area contributed by atoms with E-state index in [-0.39, 0.29) is 10.8 Å². The van der Waals surface area contributed by atoms with E-state index in [1.165, 1.54) is 49.2 Å². The van der Waals surface area contributed by atoms with E-state index in [0.717, 1.165) is 34.1 Å². The van der Waals surface area contributed by atoms with Crippen LogP contribution in [0.1, 0.15) is 35.9 Å². The van der Waals surface area contributed by atoms with Crippen molar-refractivity contribution in [2.24, 2.45) is 0 Å². The molecule has 1 N–H and O–H groups in total. The van der Waals surface area contributed by atoms with Crippen molar-refractivity contribution in [1.82, 2.24) is 0 Å². The smallest absolute Gasteiger partial charge is 0.103 e. The van der Waals surface area contributed by atoms with E-state index < -0.39 is 0 Å². The number of thioether (sulfide) groups is 1. The highest BCUT2D eigenvalue weighted by Gasteiger charge is 2.38. The van der Waals surface area contributed by atoms with Crippen LogP contribution in [0, 0.1) is 0 Å². The molecule has 1 unspecified atom stereocenters.